The van der Waals surface area contributed by atoms with Gasteiger partial charge in [-0.15, -0.1) is 0 Å². The Hall–Kier alpha value is -2.15. The van der Waals surface area contributed by atoms with Crippen molar-refractivity contribution in [2.75, 3.05) is 0 Å². The molecular formula is C16H12Cl2N4OS. The van der Waals surface area contributed by atoms with Crippen LogP contribution in [0.3, 0.4) is 0 Å². The molecule has 3 aromatic rings. The zero-order chi connectivity index (χ0) is 16.9. The molecule has 0 spiro atoms. The van der Waals surface area contributed by atoms with Gasteiger partial charge in [-0.25, -0.2) is 0 Å². The topological polar surface area (TPSA) is 55.2 Å². The largest absolute Gasteiger partial charge is 0.489 e. The Morgan fingerprint density at radius 1 is 1.21 bits per heavy atom. The molecule has 1 N–H and O–H groups in total. The minimum atomic E-state index is 0.369. The standard InChI is InChI=1S/C16H12Cl2N4OS/c17-13-4-3-12(15(18)7-13)9-23-14-5-1-11(2-6-14)8-20-22-10-19-21-16(22)24/h1-8,10H,9H2,(H,21,24)/b20-8-. The minimum absolute atomic E-state index is 0.369. The summed E-state index contributed by atoms with van der Waals surface area (Å²) in [5.74, 6) is 0.734. The number of hydrogen-bond donors (Lipinski definition) is 1. The van der Waals surface area contributed by atoms with E-state index in [2.05, 4.69) is 15.3 Å². The summed E-state index contributed by atoms with van der Waals surface area (Å²) in [4.78, 5) is 0. The molecular weight excluding hydrogens is 367 g/mol. The molecule has 8 heteroatoms. The van der Waals surface area contributed by atoms with Gasteiger partial charge in [0, 0.05) is 15.6 Å². The average molecular weight is 379 g/mol. The first-order valence-electron chi connectivity index (χ1n) is 6.95. The molecule has 0 unspecified atom stereocenters. The van der Waals surface area contributed by atoms with Gasteiger partial charge < -0.3 is 4.74 Å². The first kappa shape index (κ1) is 16.7. The van der Waals surface area contributed by atoms with E-state index in [1.807, 2.05) is 30.3 Å². The molecule has 24 heavy (non-hydrogen) atoms. The van der Waals surface area contributed by atoms with Gasteiger partial charge >= 0.3 is 0 Å². The maximum absolute atomic E-state index is 6.12. The lowest BCUT2D eigenvalue weighted by atomic mass is 10.2. The molecule has 0 bridgehead atoms. The highest BCUT2D eigenvalue weighted by molar-refractivity contribution is 7.71. The van der Waals surface area contributed by atoms with Crippen LogP contribution in [-0.2, 0) is 6.61 Å². The van der Waals surface area contributed by atoms with Crippen LogP contribution in [0.25, 0.3) is 0 Å². The lowest BCUT2D eigenvalue weighted by Crippen LogP contribution is -1.96. The predicted octanol–water partition coefficient (Wildman–Crippen LogP) is 4.71. The van der Waals surface area contributed by atoms with Crippen LogP contribution in [0, 0.1) is 4.77 Å². The Morgan fingerprint density at radius 2 is 2.00 bits per heavy atom. The van der Waals surface area contributed by atoms with Crippen LogP contribution < -0.4 is 4.74 Å². The smallest absolute Gasteiger partial charge is 0.216 e. The molecule has 0 aliphatic carbocycles. The minimum Gasteiger partial charge on any atom is -0.489 e. The van der Waals surface area contributed by atoms with Gasteiger partial charge in [0.15, 0.2) is 0 Å². The van der Waals surface area contributed by atoms with Gasteiger partial charge in [-0.2, -0.15) is 14.9 Å². The number of ether oxygens (including phenoxy) is 1. The molecule has 0 amide bonds. The Balaban J connectivity index is 1.63. The highest BCUT2D eigenvalue weighted by atomic mass is 35.5. The third-order valence-electron chi connectivity index (χ3n) is 3.16. The fraction of sp³-hybridized carbons (Fsp3) is 0.0625. The first-order chi connectivity index (χ1) is 11.6. The summed E-state index contributed by atoms with van der Waals surface area (Å²) in [5.41, 5.74) is 1.79. The summed E-state index contributed by atoms with van der Waals surface area (Å²) in [6.45, 7) is 0.369. The zero-order valence-electron chi connectivity index (χ0n) is 12.3. The summed E-state index contributed by atoms with van der Waals surface area (Å²) in [6.07, 6.45) is 3.19. The van der Waals surface area contributed by atoms with Crippen LogP contribution in [0.1, 0.15) is 11.1 Å². The van der Waals surface area contributed by atoms with Crippen LogP contribution in [0.5, 0.6) is 5.75 Å². The maximum atomic E-state index is 6.12. The molecule has 0 saturated heterocycles. The molecule has 122 valence electrons. The fourth-order valence-corrected chi connectivity index (χ4v) is 2.51. The predicted molar refractivity (Wildman–Crippen MR) is 97.6 cm³/mol. The molecule has 1 heterocycles. The number of aromatic amines is 1. The number of hydrogen-bond acceptors (Lipinski definition) is 4. The van der Waals surface area contributed by atoms with Crippen molar-refractivity contribution in [3.8, 4) is 5.75 Å². The van der Waals surface area contributed by atoms with E-state index < -0.39 is 0 Å². The lowest BCUT2D eigenvalue weighted by molar-refractivity contribution is 0.306. The van der Waals surface area contributed by atoms with Crippen molar-refractivity contribution in [1.82, 2.24) is 14.9 Å². The van der Waals surface area contributed by atoms with Crippen molar-refractivity contribution in [3.05, 3.63) is 74.7 Å². The highest BCUT2D eigenvalue weighted by Gasteiger charge is 2.02. The molecule has 0 atom stereocenters. The number of aromatic nitrogens is 3. The molecule has 0 aliphatic rings. The molecule has 0 radical (unpaired) electrons. The number of rotatable bonds is 5. The van der Waals surface area contributed by atoms with E-state index in [-0.39, 0.29) is 0 Å². The second-order valence-corrected chi connectivity index (χ2v) is 6.07. The molecule has 5 nitrogen and oxygen atoms in total. The van der Waals surface area contributed by atoms with Crippen molar-refractivity contribution in [1.29, 1.82) is 0 Å². The van der Waals surface area contributed by atoms with Gasteiger partial charge in [0.25, 0.3) is 0 Å². The monoisotopic (exact) mass is 378 g/mol. The average Bonchev–Trinajstić information content (AvgIpc) is 2.98. The van der Waals surface area contributed by atoms with E-state index >= 15 is 0 Å². The Kier molecular flexibility index (Phi) is 5.30. The summed E-state index contributed by atoms with van der Waals surface area (Å²) in [6, 6.07) is 12.8. The van der Waals surface area contributed by atoms with E-state index in [1.54, 1.807) is 18.3 Å². The van der Waals surface area contributed by atoms with Gasteiger partial charge in [-0.05, 0) is 54.2 Å². The van der Waals surface area contributed by atoms with Crippen molar-refractivity contribution in [2.24, 2.45) is 5.10 Å². The van der Waals surface area contributed by atoms with Crippen molar-refractivity contribution in [3.63, 3.8) is 0 Å². The first-order valence-corrected chi connectivity index (χ1v) is 8.11. The van der Waals surface area contributed by atoms with Gasteiger partial charge in [-0.3, -0.25) is 5.10 Å². The van der Waals surface area contributed by atoms with Gasteiger partial charge in [0.2, 0.25) is 4.77 Å². The van der Waals surface area contributed by atoms with E-state index in [4.69, 9.17) is 40.2 Å². The van der Waals surface area contributed by atoms with E-state index in [0.717, 1.165) is 16.9 Å². The van der Waals surface area contributed by atoms with E-state index in [9.17, 15) is 0 Å². The fourth-order valence-electron chi connectivity index (χ4n) is 1.90. The third-order valence-corrected chi connectivity index (χ3v) is 4.02. The number of nitrogens with zero attached hydrogens (tertiary/aromatic N) is 3. The van der Waals surface area contributed by atoms with Crippen LogP contribution in [0.4, 0.5) is 0 Å². The molecule has 3 rings (SSSR count). The quantitative estimate of drug-likeness (QED) is 0.516. The van der Waals surface area contributed by atoms with Crippen LogP contribution in [0.15, 0.2) is 53.9 Å². The van der Waals surface area contributed by atoms with Crippen molar-refractivity contribution < 1.29 is 4.74 Å². The van der Waals surface area contributed by atoms with Crippen LogP contribution >= 0.6 is 35.4 Å². The van der Waals surface area contributed by atoms with Gasteiger partial charge in [-0.1, -0.05) is 29.3 Å². The third kappa shape index (κ3) is 4.23. The molecule has 1 aromatic heterocycles. The summed E-state index contributed by atoms with van der Waals surface area (Å²) in [5, 5.41) is 11.8. The number of benzene rings is 2. The van der Waals surface area contributed by atoms with Crippen molar-refractivity contribution >= 4 is 41.6 Å². The van der Waals surface area contributed by atoms with Gasteiger partial charge in [0.05, 0.1) is 6.21 Å². The van der Waals surface area contributed by atoms with Gasteiger partial charge in [0.1, 0.15) is 18.7 Å². The molecule has 0 aliphatic heterocycles. The SMILES string of the molecule is S=c1[nH]ncn1/N=C\c1ccc(OCc2ccc(Cl)cc2Cl)cc1. The second-order valence-electron chi connectivity index (χ2n) is 4.84. The molecule has 0 fully saturated rings. The van der Waals surface area contributed by atoms with E-state index in [1.165, 1.54) is 11.0 Å². The summed E-state index contributed by atoms with van der Waals surface area (Å²) < 4.78 is 7.64. The maximum Gasteiger partial charge on any atom is 0.216 e. The van der Waals surface area contributed by atoms with Crippen molar-refractivity contribution in [2.45, 2.75) is 6.61 Å². The molecule has 2 aromatic carbocycles. The Morgan fingerprint density at radius 3 is 2.67 bits per heavy atom. The van der Waals surface area contributed by atoms with E-state index in [0.29, 0.717) is 21.4 Å². The zero-order valence-corrected chi connectivity index (χ0v) is 14.6. The number of halogens is 2. The summed E-state index contributed by atoms with van der Waals surface area (Å²) in [7, 11) is 0. The summed E-state index contributed by atoms with van der Waals surface area (Å²) >= 11 is 17.0. The number of H-pyrrole nitrogens is 1. The Bertz CT molecular complexity index is 918. The Labute approximate surface area is 153 Å². The lowest BCUT2D eigenvalue weighted by Gasteiger charge is -2.08. The highest BCUT2D eigenvalue weighted by Crippen LogP contribution is 2.22. The number of nitrogens with one attached hydrogen (secondary N) is 1. The molecule has 0 saturated carbocycles. The normalized spacial score (nSPS) is 11.1. The van der Waals surface area contributed by atoms with Crippen LogP contribution in [0.2, 0.25) is 10.0 Å². The van der Waals surface area contributed by atoms with Crippen LogP contribution in [-0.4, -0.2) is 21.1 Å². The second kappa shape index (κ2) is 7.61.